The molecule has 2 heteroatoms. The fourth-order valence-corrected chi connectivity index (χ4v) is 3.46. The number of aromatic hydroxyl groups is 1. The molecule has 0 fully saturated rings. The standard InChI is InChI=1S/C14H14OSe/c15-14-8-6-13(7-9-14)11-16-10-12-4-2-1-3-5-12/h1-9,15H,10-11H2. The Morgan fingerprint density at radius 1 is 0.750 bits per heavy atom. The molecule has 0 spiro atoms. The predicted molar refractivity (Wildman–Crippen MR) is 67.7 cm³/mol. The summed E-state index contributed by atoms with van der Waals surface area (Å²) in [6.45, 7) is 0. The van der Waals surface area contributed by atoms with Gasteiger partial charge in [-0.2, -0.15) is 0 Å². The van der Waals surface area contributed by atoms with E-state index in [1.54, 1.807) is 12.1 Å². The summed E-state index contributed by atoms with van der Waals surface area (Å²) in [5.41, 5.74) is 2.73. The van der Waals surface area contributed by atoms with Crippen molar-refractivity contribution in [2.75, 3.05) is 0 Å². The zero-order valence-electron chi connectivity index (χ0n) is 8.97. The van der Waals surface area contributed by atoms with Crippen LogP contribution in [0.15, 0.2) is 54.6 Å². The van der Waals surface area contributed by atoms with Crippen LogP contribution in [0.25, 0.3) is 0 Å². The van der Waals surface area contributed by atoms with Crippen molar-refractivity contribution in [3.63, 3.8) is 0 Å². The Labute approximate surface area is 102 Å². The summed E-state index contributed by atoms with van der Waals surface area (Å²) < 4.78 is 0. The van der Waals surface area contributed by atoms with Crippen LogP contribution in [0.1, 0.15) is 11.1 Å². The second kappa shape index (κ2) is 5.74. The molecule has 1 N–H and O–H groups in total. The minimum absolute atomic E-state index is 0.347. The van der Waals surface area contributed by atoms with Crippen LogP contribution in [-0.2, 0) is 10.6 Å². The number of rotatable bonds is 4. The third kappa shape index (κ3) is 3.41. The second-order valence-corrected chi connectivity index (χ2v) is 5.71. The molecule has 0 saturated carbocycles. The van der Waals surface area contributed by atoms with E-state index in [2.05, 4.69) is 30.3 Å². The van der Waals surface area contributed by atoms with E-state index in [1.165, 1.54) is 16.4 Å². The van der Waals surface area contributed by atoms with E-state index in [1.807, 2.05) is 12.1 Å². The average Bonchev–Trinajstić information content (AvgIpc) is 2.33. The summed E-state index contributed by atoms with van der Waals surface area (Å²) in [4.78, 5) is 0. The maximum atomic E-state index is 9.17. The first-order valence-corrected chi connectivity index (χ1v) is 7.66. The van der Waals surface area contributed by atoms with E-state index in [0.717, 1.165) is 5.32 Å². The van der Waals surface area contributed by atoms with Gasteiger partial charge in [0.2, 0.25) is 0 Å². The van der Waals surface area contributed by atoms with Crippen molar-refractivity contribution < 1.29 is 5.11 Å². The Morgan fingerprint density at radius 2 is 1.31 bits per heavy atom. The molecule has 2 aromatic carbocycles. The van der Waals surface area contributed by atoms with Crippen molar-refractivity contribution in [2.24, 2.45) is 0 Å². The van der Waals surface area contributed by atoms with Gasteiger partial charge in [-0.1, -0.05) is 0 Å². The van der Waals surface area contributed by atoms with Crippen molar-refractivity contribution in [1.82, 2.24) is 0 Å². The van der Waals surface area contributed by atoms with Crippen LogP contribution in [0.2, 0.25) is 0 Å². The van der Waals surface area contributed by atoms with Gasteiger partial charge in [0, 0.05) is 0 Å². The van der Waals surface area contributed by atoms with Crippen LogP contribution in [0.3, 0.4) is 0 Å². The van der Waals surface area contributed by atoms with Crippen LogP contribution in [-0.4, -0.2) is 20.1 Å². The third-order valence-corrected chi connectivity index (χ3v) is 4.57. The van der Waals surface area contributed by atoms with Crippen molar-refractivity contribution in [3.8, 4) is 5.75 Å². The normalized spacial score (nSPS) is 10.2. The van der Waals surface area contributed by atoms with Gasteiger partial charge in [-0.15, -0.1) is 0 Å². The minimum atomic E-state index is 0.347. The molecule has 0 aliphatic rings. The number of hydrogen-bond donors (Lipinski definition) is 1. The molecule has 0 aromatic heterocycles. The van der Waals surface area contributed by atoms with E-state index < -0.39 is 0 Å². The Kier molecular flexibility index (Phi) is 4.03. The first-order chi connectivity index (χ1) is 7.84. The van der Waals surface area contributed by atoms with Crippen molar-refractivity contribution >= 4 is 15.0 Å². The number of benzene rings is 2. The molecule has 0 unspecified atom stereocenters. The van der Waals surface area contributed by atoms with E-state index >= 15 is 0 Å². The maximum absolute atomic E-state index is 9.17. The summed E-state index contributed by atoms with van der Waals surface area (Å²) in [7, 11) is 0. The molecule has 82 valence electrons. The molecule has 0 aliphatic heterocycles. The zero-order valence-corrected chi connectivity index (χ0v) is 10.7. The first kappa shape index (κ1) is 11.3. The molecule has 2 rings (SSSR count). The summed E-state index contributed by atoms with van der Waals surface area (Å²) in [6.07, 6.45) is 0. The fourth-order valence-electron chi connectivity index (χ4n) is 1.45. The van der Waals surface area contributed by atoms with Crippen LogP contribution < -0.4 is 0 Å². The molecule has 0 radical (unpaired) electrons. The van der Waals surface area contributed by atoms with Crippen molar-refractivity contribution in [3.05, 3.63) is 65.7 Å². The molecular weight excluding hydrogens is 263 g/mol. The number of phenolic OH excluding ortho intramolecular Hbond substituents is 1. The van der Waals surface area contributed by atoms with Crippen LogP contribution in [0, 0.1) is 0 Å². The second-order valence-electron chi connectivity index (χ2n) is 3.64. The molecule has 1 nitrogen and oxygen atoms in total. The molecular formula is C14H14OSe. The van der Waals surface area contributed by atoms with E-state index in [-0.39, 0.29) is 0 Å². The Balaban J connectivity index is 1.82. The van der Waals surface area contributed by atoms with Gasteiger partial charge in [-0.05, 0) is 0 Å². The van der Waals surface area contributed by atoms with Gasteiger partial charge in [0.15, 0.2) is 0 Å². The molecule has 2 aromatic rings. The zero-order chi connectivity index (χ0) is 11.2. The summed E-state index contributed by atoms with van der Waals surface area (Å²) >= 11 is 0.596. The number of phenols is 1. The van der Waals surface area contributed by atoms with Gasteiger partial charge in [-0.25, -0.2) is 0 Å². The Bertz CT molecular complexity index is 422. The van der Waals surface area contributed by atoms with Crippen molar-refractivity contribution in [1.29, 1.82) is 0 Å². The van der Waals surface area contributed by atoms with Crippen LogP contribution in [0.5, 0.6) is 5.75 Å². The van der Waals surface area contributed by atoms with Gasteiger partial charge in [0.05, 0.1) is 0 Å². The monoisotopic (exact) mass is 278 g/mol. The van der Waals surface area contributed by atoms with Crippen LogP contribution in [0.4, 0.5) is 0 Å². The average molecular weight is 277 g/mol. The summed E-state index contributed by atoms with van der Waals surface area (Å²) in [5, 5.41) is 11.5. The fraction of sp³-hybridized carbons (Fsp3) is 0.143. The molecule has 0 saturated heterocycles. The molecule has 16 heavy (non-hydrogen) atoms. The van der Waals surface area contributed by atoms with Gasteiger partial charge < -0.3 is 0 Å². The predicted octanol–water partition coefficient (Wildman–Crippen LogP) is 2.80. The molecule has 0 bridgehead atoms. The quantitative estimate of drug-likeness (QED) is 0.852. The molecule has 0 aliphatic carbocycles. The summed E-state index contributed by atoms with van der Waals surface area (Å²) in [6, 6.07) is 18.1. The first-order valence-electron chi connectivity index (χ1n) is 5.24. The number of hydrogen-bond acceptors (Lipinski definition) is 1. The SMILES string of the molecule is Oc1ccc(C[Se]Cc2ccccc2)cc1. The third-order valence-electron chi connectivity index (χ3n) is 2.32. The van der Waals surface area contributed by atoms with Gasteiger partial charge in [-0.3, -0.25) is 0 Å². The molecule has 0 amide bonds. The summed E-state index contributed by atoms with van der Waals surface area (Å²) in [5.74, 6) is 0.347. The van der Waals surface area contributed by atoms with Gasteiger partial charge in [0.25, 0.3) is 0 Å². The molecule has 0 atom stereocenters. The van der Waals surface area contributed by atoms with Gasteiger partial charge in [0.1, 0.15) is 0 Å². The van der Waals surface area contributed by atoms with E-state index in [4.69, 9.17) is 5.11 Å². The topological polar surface area (TPSA) is 20.2 Å². The van der Waals surface area contributed by atoms with Crippen LogP contribution >= 0.6 is 0 Å². The van der Waals surface area contributed by atoms with Gasteiger partial charge >= 0.3 is 102 Å². The van der Waals surface area contributed by atoms with E-state index in [9.17, 15) is 0 Å². The van der Waals surface area contributed by atoms with E-state index in [0.29, 0.717) is 20.7 Å². The molecule has 0 heterocycles. The Morgan fingerprint density at radius 3 is 1.94 bits per heavy atom. The Hall–Kier alpha value is -1.24. The van der Waals surface area contributed by atoms with Crippen molar-refractivity contribution in [2.45, 2.75) is 10.6 Å².